The van der Waals surface area contributed by atoms with Crippen molar-refractivity contribution < 1.29 is 10.2 Å². The number of pyridine rings is 1. The van der Waals surface area contributed by atoms with Crippen LogP contribution < -0.4 is 4.90 Å². The molecule has 0 unspecified atom stereocenters. The minimum atomic E-state index is 0.0233. The Hall–Kier alpha value is -1.13. The van der Waals surface area contributed by atoms with Crippen LogP contribution in [0.3, 0.4) is 0 Å². The number of hydrogen-bond acceptors (Lipinski definition) is 4. The molecule has 0 saturated carbocycles. The summed E-state index contributed by atoms with van der Waals surface area (Å²) in [5, 5.41) is 18.1. The van der Waals surface area contributed by atoms with Crippen molar-refractivity contribution in [2.75, 3.05) is 24.6 Å². The second-order valence-electron chi connectivity index (χ2n) is 3.84. The van der Waals surface area contributed by atoms with Crippen LogP contribution in [0.4, 0.5) is 5.82 Å². The average Bonchev–Trinajstić information content (AvgIpc) is 2.28. The smallest absolute Gasteiger partial charge is 0.129 e. The van der Waals surface area contributed by atoms with Gasteiger partial charge in [-0.1, -0.05) is 6.92 Å². The van der Waals surface area contributed by atoms with E-state index in [0.717, 1.165) is 30.0 Å². The molecule has 0 aliphatic rings. The molecule has 1 heterocycles. The molecule has 1 aromatic rings. The first-order valence-corrected chi connectivity index (χ1v) is 5.65. The van der Waals surface area contributed by atoms with Gasteiger partial charge in [-0.25, -0.2) is 4.98 Å². The van der Waals surface area contributed by atoms with Gasteiger partial charge in [0.2, 0.25) is 0 Å². The van der Waals surface area contributed by atoms with Gasteiger partial charge in [-0.3, -0.25) is 0 Å². The van der Waals surface area contributed by atoms with Gasteiger partial charge in [-0.15, -0.1) is 0 Å². The van der Waals surface area contributed by atoms with Crippen LogP contribution in [0.15, 0.2) is 12.1 Å². The molecule has 1 rings (SSSR count). The van der Waals surface area contributed by atoms with Crippen molar-refractivity contribution in [2.45, 2.75) is 26.9 Å². The Morgan fingerprint density at radius 1 is 1.25 bits per heavy atom. The van der Waals surface area contributed by atoms with Crippen molar-refractivity contribution in [3.63, 3.8) is 0 Å². The van der Waals surface area contributed by atoms with E-state index in [9.17, 15) is 0 Å². The van der Waals surface area contributed by atoms with Crippen molar-refractivity contribution in [2.24, 2.45) is 0 Å². The number of aryl methyl sites for hydroxylation is 1. The summed E-state index contributed by atoms with van der Waals surface area (Å²) in [6, 6.07) is 3.74. The van der Waals surface area contributed by atoms with Crippen molar-refractivity contribution in [3.05, 3.63) is 23.4 Å². The lowest BCUT2D eigenvalue weighted by atomic mass is 10.2. The molecule has 4 heteroatoms. The molecule has 0 bridgehead atoms. The largest absolute Gasteiger partial charge is 0.395 e. The third kappa shape index (κ3) is 3.47. The first kappa shape index (κ1) is 12.9. The second kappa shape index (κ2) is 6.45. The molecule has 0 aliphatic carbocycles. The first-order chi connectivity index (χ1) is 7.71. The lowest BCUT2D eigenvalue weighted by Gasteiger charge is -2.23. The minimum Gasteiger partial charge on any atom is -0.395 e. The topological polar surface area (TPSA) is 56.6 Å². The number of nitrogens with zero attached hydrogens (tertiary/aromatic N) is 2. The molecule has 4 nitrogen and oxygen atoms in total. The van der Waals surface area contributed by atoms with Crippen LogP contribution in [-0.2, 0) is 6.61 Å². The van der Waals surface area contributed by atoms with Crippen LogP contribution >= 0.6 is 0 Å². The number of anilines is 1. The summed E-state index contributed by atoms with van der Waals surface area (Å²) in [5.74, 6) is 0.833. The Morgan fingerprint density at radius 3 is 2.56 bits per heavy atom. The van der Waals surface area contributed by atoms with Crippen LogP contribution in [0.1, 0.15) is 24.6 Å². The van der Waals surface area contributed by atoms with Crippen molar-refractivity contribution in [1.29, 1.82) is 0 Å². The fraction of sp³-hybridized carbons (Fsp3) is 0.583. The highest BCUT2D eigenvalue weighted by Gasteiger charge is 2.08. The highest BCUT2D eigenvalue weighted by Crippen LogP contribution is 2.15. The zero-order chi connectivity index (χ0) is 12.0. The molecule has 0 fully saturated rings. The maximum Gasteiger partial charge on any atom is 0.129 e. The molecule has 0 amide bonds. The standard InChI is InChI=1S/C12H20N2O2/c1-3-4-14(5-6-15)12-8-11(9-16)7-10(2)13-12/h7-8,15-16H,3-6,9H2,1-2H3. The van der Waals surface area contributed by atoms with E-state index in [1.54, 1.807) is 0 Å². The summed E-state index contributed by atoms with van der Waals surface area (Å²) >= 11 is 0. The van der Waals surface area contributed by atoms with Gasteiger partial charge in [0.1, 0.15) is 5.82 Å². The quantitative estimate of drug-likeness (QED) is 0.759. The van der Waals surface area contributed by atoms with E-state index in [4.69, 9.17) is 10.2 Å². The summed E-state index contributed by atoms with van der Waals surface area (Å²) < 4.78 is 0. The predicted molar refractivity (Wildman–Crippen MR) is 64.5 cm³/mol. The third-order valence-corrected chi connectivity index (χ3v) is 2.37. The Morgan fingerprint density at radius 2 is 2.00 bits per heavy atom. The van der Waals surface area contributed by atoms with E-state index in [1.807, 2.05) is 24.0 Å². The normalized spacial score (nSPS) is 10.5. The SMILES string of the molecule is CCCN(CCO)c1cc(CO)cc(C)n1. The van der Waals surface area contributed by atoms with Crippen LogP contribution in [0.5, 0.6) is 0 Å². The molecule has 16 heavy (non-hydrogen) atoms. The van der Waals surface area contributed by atoms with Gasteiger partial charge in [0.15, 0.2) is 0 Å². The van der Waals surface area contributed by atoms with Crippen LogP contribution in [0, 0.1) is 6.92 Å². The first-order valence-electron chi connectivity index (χ1n) is 5.65. The zero-order valence-corrected chi connectivity index (χ0v) is 9.98. The maximum atomic E-state index is 9.13. The molecule has 2 N–H and O–H groups in total. The summed E-state index contributed by atoms with van der Waals surface area (Å²) in [4.78, 5) is 6.46. The molecule has 0 spiro atoms. The number of rotatable bonds is 6. The van der Waals surface area contributed by atoms with Gasteiger partial charge in [0.05, 0.1) is 13.2 Å². The lowest BCUT2D eigenvalue weighted by Crippen LogP contribution is -2.28. The molecular weight excluding hydrogens is 204 g/mol. The lowest BCUT2D eigenvalue weighted by molar-refractivity contribution is 0.281. The number of aromatic nitrogens is 1. The van der Waals surface area contributed by atoms with Crippen molar-refractivity contribution in [3.8, 4) is 0 Å². The summed E-state index contributed by atoms with van der Waals surface area (Å²) in [7, 11) is 0. The molecular formula is C12H20N2O2. The Kier molecular flexibility index (Phi) is 5.22. The summed E-state index contributed by atoms with van der Waals surface area (Å²) in [5.41, 5.74) is 1.75. The monoisotopic (exact) mass is 224 g/mol. The highest BCUT2D eigenvalue weighted by atomic mass is 16.3. The predicted octanol–water partition coefficient (Wildman–Crippen LogP) is 1.09. The van der Waals surface area contributed by atoms with Gasteiger partial charge in [0, 0.05) is 18.8 Å². The fourth-order valence-electron chi connectivity index (χ4n) is 1.71. The fourth-order valence-corrected chi connectivity index (χ4v) is 1.71. The maximum absolute atomic E-state index is 9.13. The van der Waals surface area contributed by atoms with Gasteiger partial charge < -0.3 is 15.1 Å². The molecule has 90 valence electrons. The van der Waals surface area contributed by atoms with Crippen LogP contribution in [0.2, 0.25) is 0 Å². The van der Waals surface area contributed by atoms with Crippen molar-refractivity contribution >= 4 is 5.82 Å². The second-order valence-corrected chi connectivity index (χ2v) is 3.84. The van der Waals surface area contributed by atoms with E-state index in [-0.39, 0.29) is 13.2 Å². The van der Waals surface area contributed by atoms with Crippen LogP contribution in [0.25, 0.3) is 0 Å². The van der Waals surface area contributed by atoms with Gasteiger partial charge in [0.25, 0.3) is 0 Å². The third-order valence-electron chi connectivity index (χ3n) is 2.37. The molecule has 1 aromatic heterocycles. The van der Waals surface area contributed by atoms with E-state index in [2.05, 4.69) is 11.9 Å². The van der Waals surface area contributed by atoms with E-state index in [0.29, 0.717) is 6.54 Å². The Bertz CT molecular complexity index is 323. The highest BCUT2D eigenvalue weighted by molar-refractivity contribution is 5.42. The zero-order valence-electron chi connectivity index (χ0n) is 9.98. The number of hydrogen-bond donors (Lipinski definition) is 2. The Labute approximate surface area is 96.6 Å². The van der Waals surface area contributed by atoms with E-state index in [1.165, 1.54) is 0 Å². The van der Waals surface area contributed by atoms with E-state index < -0.39 is 0 Å². The van der Waals surface area contributed by atoms with Gasteiger partial charge >= 0.3 is 0 Å². The van der Waals surface area contributed by atoms with Crippen molar-refractivity contribution in [1.82, 2.24) is 4.98 Å². The number of aliphatic hydroxyl groups excluding tert-OH is 2. The molecule has 0 atom stereocenters. The molecule has 0 radical (unpaired) electrons. The van der Waals surface area contributed by atoms with Crippen LogP contribution in [-0.4, -0.2) is 34.9 Å². The number of aliphatic hydroxyl groups is 2. The Balaban J connectivity index is 2.93. The average molecular weight is 224 g/mol. The minimum absolute atomic E-state index is 0.0233. The molecule has 0 saturated heterocycles. The van der Waals surface area contributed by atoms with Gasteiger partial charge in [-0.2, -0.15) is 0 Å². The molecule has 0 aliphatic heterocycles. The summed E-state index contributed by atoms with van der Waals surface area (Å²) in [6.45, 7) is 5.58. The van der Waals surface area contributed by atoms with Gasteiger partial charge in [-0.05, 0) is 31.0 Å². The molecule has 0 aromatic carbocycles. The van der Waals surface area contributed by atoms with E-state index >= 15 is 0 Å². The summed E-state index contributed by atoms with van der Waals surface area (Å²) in [6.07, 6.45) is 1.00.